The van der Waals surface area contributed by atoms with Crippen molar-refractivity contribution in [1.82, 2.24) is 15.1 Å². The van der Waals surface area contributed by atoms with Gasteiger partial charge in [-0.3, -0.25) is 4.79 Å². The minimum atomic E-state index is -0.969. The minimum absolute atomic E-state index is 0.239. The van der Waals surface area contributed by atoms with Crippen LogP contribution in [-0.4, -0.2) is 58.0 Å². The van der Waals surface area contributed by atoms with Crippen molar-refractivity contribution in [3.8, 4) is 0 Å². The second kappa shape index (κ2) is 7.55. The average Bonchev–Trinajstić information content (AvgIpc) is 3.29. The van der Waals surface area contributed by atoms with Crippen molar-refractivity contribution in [2.75, 3.05) is 13.1 Å². The fourth-order valence-electron chi connectivity index (χ4n) is 3.62. The summed E-state index contributed by atoms with van der Waals surface area (Å²) in [6.45, 7) is 1.37. The Hall–Kier alpha value is -2.57. The molecule has 0 unspecified atom stereocenters. The Morgan fingerprint density at radius 1 is 1.00 bits per heavy atom. The Kier molecular flexibility index (Phi) is 5.21. The van der Waals surface area contributed by atoms with Gasteiger partial charge in [0.25, 0.3) is 0 Å². The van der Waals surface area contributed by atoms with Gasteiger partial charge in [0.15, 0.2) is 0 Å². The Balaban J connectivity index is 1.62. The van der Waals surface area contributed by atoms with Crippen molar-refractivity contribution in [2.45, 2.75) is 44.3 Å². The van der Waals surface area contributed by atoms with E-state index in [0.29, 0.717) is 38.9 Å². The molecule has 1 aromatic carbocycles. The van der Waals surface area contributed by atoms with Crippen LogP contribution in [0, 0.1) is 0 Å². The number of likely N-dealkylation sites (tertiary alicyclic amines) is 2. The molecule has 3 rings (SSSR count). The molecule has 2 atom stereocenters. The lowest BCUT2D eigenvalue weighted by atomic mass is 10.1. The summed E-state index contributed by atoms with van der Waals surface area (Å²) in [6.07, 6.45) is 2.50. The van der Waals surface area contributed by atoms with Gasteiger partial charge in [0.1, 0.15) is 12.1 Å². The lowest BCUT2D eigenvalue weighted by Gasteiger charge is -2.30. The summed E-state index contributed by atoms with van der Waals surface area (Å²) in [5.74, 6) is -1.21. The Bertz CT molecular complexity index is 649. The van der Waals surface area contributed by atoms with E-state index in [1.54, 1.807) is 4.90 Å². The van der Waals surface area contributed by atoms with Gasteiger partial charge in [-0.2, -0.15) is 0 Å². The number of aliphatic carboxylic acids is 1. The third-order valence-corrected chi connectivity index (χ3v) is 4.91. The first-order valence-corrected chi connectivity index (χ1v) is 8.69. The predicted octanol–water partition coefficient (Wildman–Crippen LogP) is 1.44. The molecule has 134 valence electrons. The molecule has 0 aliphatic carbocycles. The van der Waals surface area contributed by atoms with Gasteiger partial charge < -0.3 is 20.2 Å². The van der Waals surface area contributed by atoms with E-state index in [4.69, 9.17) is 0 Å². The van der Waals surface area contributed by atoms with Crippen LogP contribution in [0.1, 0.15) is 31.2 Å². The van der Waals surface area contributed by atoms with E-state index in [1.165, 1.54) is 4.90 Å². The van der Waals surface area contributed by atoms with E-state index >= 15 is 0 Å². The monoisotopic (exact) mass is 345 g/mol. The van der Waals surface area contributed by atoms with Crippen molar-refractivity contribution in [1.29, 1.82) is 0 Å². The van der Waals surface area contributed by atoms with Crippen molar-refractivity contribution >= 4 is 17.9 Å². The zero-order chi connectivity index (χ0) is 17.8. The summed E-state index contributed by atoms with van der Waals surface area (Å²) >= 11 is 0. The molecule has 2 aliphatic heterocycles. The number of rotatable bonds is 4. The maximum Gasteiger partial charge on any atom is 0.326 e. The molecule has 7 heteroatoms. The van der Waals surface area contributed by atoms with Gasteiger partial charge in [-0.25, -0.2) is 9.59 Å². The van der Waals surface area contributed by atoms with Gasteiger partial charge in [-0.1, -0.05) is 30.3 Å². The Morgan fingerprint density at radius 2 is 1.64 bits per heavy atom. The zero-order valence-electron chi connectivity index (χ0n) is 14.1. The summed E-state index contributed by atoms with van der Waals surface area (Å²) in [6, 6.07) is 7.98. The van der Waals surface area contributed by atoms with E-state index in [-0.39, 0.29) is 11.9 Å². The van der Waals surface area contributed by atoms with Crippen LogP contribution in [0.4, 0.5) is 4.79 Å². The van der Waals surface area contributed by atoms with Gasteiger partial charge in [0, 0.05) is 19.6 Å². The van der Waals surface area contributed by atoms with Crippen LogP contribution in [-0.2, 0) is 16.1 Å². The lowest BCUT2D eigenvalue weighted by molar-refractivity contribution is -0.149. The standard InChI is InChI=1S/C18H23N3O4/c22-16(20-10-5-9-15(20)17(23)24)14-8-4-11-21(14)18(25)19-12-13-6-2-1-3-7-13/h1-3,6-7,14-15H,4-5,8-12H2,(H,19,25)(H,23,24)/t14-,15-/m0/s1. The summed E-state index contributed by atoms with van der Waals surface area (Å²) in [5.41, 5.74) is 0.989. The highest BCUT2D eigenvalue weighted by molar-refractivity contribution is 5.91. The fraction of sp³-hybridized carbons (Fsp3) is 0.500. The van der Waals surface area contributed by atoms with Crippen molar-refractivity contribution in [3.63, 3.8) is 0 Å². The van der Waals surface area contributed by atoms with Crippen LogP contribution in [0.3, 0.4) is 0 Å². The molecule has 25 heavy (non-hydrogen) atoms. The largest absolute Gasteiger partial charge is 0.480 e. The molecule has 2 fully saturated rings. The summed E-state index contributed by atoms with van der Waals surface area (Å²) in [5, 5.41) is 12.1. The second-order valence-corrected chi connectivity index (χ2v) is 6.52. The topological polar surface area (TPSA) is 90.0 Å². The molecule has 1 aromatic rings. The first-order valence-electron chi connectivity index (χ1n) is 8.69. The highest BCUT2D eigenvalue weighted by Crippen LogP contribution is 2.25. The molecular formula is C18H23N3O4. The summed E-state index contributed by atoms with van der Waals surface area (Å²) in [7, 11) is 0. The Labute approximate surface area is 146 Å². The third kappa shape index (κ3) is 3.75. The molecule has 0 aromatic heterocycles. The highest BCUT2D eigenvalue weighted by atomic mass is 16.4. The maximum atomic E-state index is 12.8. The molecular weight excluding hydrogens is 322 g/mol. The van der Waals surface area contributed by atoms with Gasteiger partial charge in [-0.05, 0) is 31.2 Å². The summed E-state index contributed by atoms with van der Waals surface area (Å²) in [4.78, 5) is 39.6. The number of carbonyl (C=O) groups is 3. The molecule has 0 bridgehead atoms. The number of nitrogens with one attached hydrogen (secondary N) is 1. The number of urea groups is 1. The predicted molar refractivity (Wildman–Crippen MR) is 90.8 cm³/mol. The van der Waals surface area contributed by atoms with Gasteiger partial charge in [0.2, 0.25) is 5.91 Å². The van der Waals surface area contributed by atoms with Crippen LogP contribution < -0.4 is 5.32 Å². The van der Waals surface area contributed by atoms with E-state index in [9.17, 15) is 19.5 Å². The Morgan fingerprint density at radius 3 is 2.32 bits per heavy atom. The van der Waals surface area contributed by atoms with Gasteiger partial charge in [0.05, 0.1) is 0 Å². The van der Waals surface area contributed by atoms with E-state index in [2.05, 4.69) is 5.32 Å². The summed E-state index contributed by atoms with van der Waals surface area (Å²) < 4.78 is 0. The van der Waals surface area contributed by atoms with Gasteiger partial charge >= 0.3 is 12.0 Å². The molecule has 7 nitrogen and oxygen atoms in total. The van der Waals surface area contributed by atoms with E-state index < -0.39 is 18.1 Å². The molecule has 0 radical (unpaired) electrons. The van der Waals surface area contributed by atoms with Crippen molar-refractivity contribution < 1.29 is 19.5 Å². The number of hydrogen-bond acceptors (Lipinski definition) is 3. The van der Waals surface area contributed by atoms with Crippen LogP contribution in [0.5, 0.6) is 0 Å². The molecule has 2 saturated heterocycles. The number of carboxylic acids is 1. The molecule has 2 aliphatic rings. The minimum Gasteiger partial charge on any atom is -0.480 e. The first-order chi connectivity index (χ1) is 12.1. The number of nitrogens with zero attached hydrogens (tertiary/aromatic N) is 2. The van der Waals surface area contributed by atoms with Crippen LogP contribution in [0.25, 0.3) is 0 Å². The fourth-order valence-corrected chi connectivity index (χ4v) is 3.62. The number of carbonyl (C=O) groups excluding carboxylic acids is 2. The highest BCUT2D eigenvalue weighted by Gasteiger charge is 2.42. The van der Waals surface area contributed by atoms with E-state index in [0.717, 1.165) is 12.0 Å². The zero-order valence-corrected chi connectivity index (χ0v) is 14.1. The SMILES string of the molecule is O=C(O)[C@@H]1CCCN1C(=O)[C@@H]1CCCN1C(=O)NCc1ccccc1. The first kappa shape index (κ1) is 17.3. The molecule has 0 spiro atoms. The smallest absolute Gasteiger partial charge is 0.326 e. The molecule has 0 saturated carbocycles. The second-order valence-electron chi connectivity index (χ2n) is 6.52. The van der Waals surface area contributed by atoms with Crippen LogP contribution >= 0.6 is 0 Å². The lowest BCUT2D eigenvalue weighted by Crippen LogP contribution is -2.52. The quantitative estimate of drug-likeness (QED) is 0.864. The number of benzene rings is 1. The van der Waals surface area contributed by atoms with Crippen LogP contribution in [0.2, 0.25) is 0 Å². The molecule has 2 heterocycles. The van der Waals surface area contributed by atoms with Gasteiger partial charge in [-0.15, -0.1) is 0 Å². The van der Waals surface area contributed by atoms with E-state index in [1.807, 2.05) is 30.3 Å². The number of hydrogen-bond donors (Lipinski definition) is 2. The third-order valence-electron chi connectivity index (χ3n) is 4.91. The number of carboxylic acid groups (broad SMARTS) is 1. The van der Waals surface area contributed by atoms with Crippen molar-refractivity contribution in [3.05, 3.63) is 35.9 Å². The molecule has 2 N–H and O–H groups in total. The van der Waals surface area contributed by atoms with Crippen LogP contribution in [0.15, 0.2) is 30.3 Å². The van der Waals surface area contributed by atoms with Crippen molar-refractivity contribution in [2.24, 2.45) is 0 Å². The molecule has 3 amide bonds. The average molecular weight is 345 g/mol. The maximum absolute atomic E-state index is 12.8. The normalized spacial score (nSPS) is 22.9. The number of amides is 3.